The number of nitrogens with zero attached hydrogens (tertiary/aromatic N) is 4. The van der Waals surface area contributed by atoms with Crippen molar-refractivity contribution in [2.75, 3.05) is 40.6 Å². The van der Waals surface area contributed by atoms with Crippen molar-refractivity contribution in [3.63, 3.8) is 0 Å². The topological polar surface area (TPSA) is 113 Å². The smallest absolute Gasteiger partial charge is 0.157 e. The molecule has 4 heterocycles. The van der Waals surface area contributed by atoms with Gasteiger partial charge < -0.3 is 28.7 Å². The molecule has 0 fully saturated rings. The van der Waals surface area contributed by atoms with Crippen molar-refractivity contribution in [2.45, 2.75) is 6.42 Å². The highest BCUT2D eigenvalue weighted by molar-refractivity contribution is 6.05. The fourth-order valence-corrected chi connectivity index (χ4v) is 4.47. The van der Waals surface area contributed by atoms with E-state index in [1.54, 1.807) is 26.6 Å². The van der Waals surface area contributed by atoms with Crippen LogP contribution in [0.5, 0.6) is 23.0 Å². The Morgan fingerprint density at radius 2 is 1.37 bits per heavy atom. The number of imidazole rings is 1. The van der Waals surface area contributed by atoms with Crippen LogP contribution in [0.3, 0.4) is 0 Å². The van der Waals surface area contributed by atoms with E-state index in [4.69, 9.17) is 28.7 Å². The Kier molecular flexibility index (Phi) is 7.72. The lowest BCUT2D eigenvalue weighted by atomic mass is 10.1. The second kappa shape index (κ2) is 12.1. The molecule has 0 aliphatic carbocycles. The van der Waals surface area contributed by atoms with Gasteiger partial charge in [-0.3, -0.25) is 9.98 Å². The molecule has 10 nitrogen and oxygen atoms in total. The molecule has 1 N–H and O–H groups in total. The predicted octanol–water partition coefficient (Wildman–Crippen LogP) is 5.19. The van der Waals surface area contributed by atoms with Crippen LogP contribution in [0.15, 0.2) is 78.0 Å². The van der Waals surface area contributed by atoms with Crippen molar-refractivity contribution < 1.29 is 23.7 Å². The average molecular weight is 552 g/mol. The first-order valence-electron chi connectivity index (χ1n) is 13.2. The van der Waals surface area contributed by atoms with Crippen molar-refractivity contribution in [1.29, 1.82) is 0 Å². The molecule has 0 amide bonds. The largest absolute Gasteiger partial charge is 0.497 e. The van der Waals surface area contributed by atoms with Gasteiger partial charge in [0.25, 0.3) is 0 Å². The van der Waals surface area contributed by atoms with Gasteiger partial charge in [-0.15, -0.1) is 0 Å². The molecule has 0 saturated carbocycles. The van der Waals surface area contributed by atoms with Crippen LogP contribution in [0.2, 0.25) is 0 Å². The van der Waals surface area contributed by atoms with Gasteiger partial charge in [0.15, 0.2) is 5.82 Å². The zero-order chi connectivity index (χ0) is 28.0. The number of aromatic amines is 1. The van der Waals surface area contributed by atoms with Gasteiger partial charge >= 0.3 is 0 Å². The third-order valence-electron chi connectivity index (χ3n) is 6.59. The lowest BCUT2D eigenvalue weighted by molar-refractivity contribution is 0.0762. The molecular formula is C31H29N5O5. The number of H-pyrrole nitrogens is 1. The summed E-state index contributed by atoms with van der Waals surface area (Å²) >= 11 is 0. The number of methoxy groups -OCH3 is 2. The summed E-state index contributed by atoms with van der Waals surface area (Å²) in [4.78, 5) is 21.6. The summed E-state index contributed by atoms with van der Waals surface area (Å²) in [6.07, 6.45) is 4.12. The second-order valence-corrected chi connectivity index (χ2v) is 9.27. The first kappa shape index (κ1) is 26.3. The number of ether oxygens (including phenoxy) is 5. The maximum atomic E-state index is 5.76. The van der Waals surface area contributed by atoms with E-state index < -0.39 is 0 Å². The molecule has 2 aromatic carbocycles. The molecule has 0 spiro atoms. The Morgan fingerprint density at radius 1 is 0.707 bits per heavy atom. The van der Waals surface area contributed by atoms with E-state index in [2.05, 4.69) is 19.9 Å². The van der Waals surface area contributed by atoms with Gasteiger partial charge in [-0.1, -0.05) is 0 Å². The van der Waals surface area contributed by atoms with Crippen LogP contribution in [0.25, 0.3) is 22.6 Å². The minimum atomic E-state index is 0.401. The minimum Gasteiger partial charge on any atom is -0.497 e. The van der Waals surface area contributed by atoms with Gasteiger partial charge in [0.1, 0.15) is 41.9 Å². The zero-order valence-electron chi connectivity index (χ0n) is 22.8. The van der Waals surface area contributed by atoms with E-state index in [1.165, 1.54) is 0 Å². The number of aromatic nitrogens is 4. The molecule has 10 heteroatoms. The van der Waals surface area contributed by atoms with Crippen LogP contribution in [0.4, 0.5) is 5.69 Å². The molecule has 5 aromatic rings. The quantitative estimate of drug-likeness (QED) is 0.211. The van der Waals surface area contributed by atoms with Crippen LogP contribution in [-0.4, -0.2) is 66.3 Å². The van der Waals surface area contributed by atoms with Gasteiger partial charge in [-0.25, -0.2) is 9.97 Å². The predicted molar refractivity (Wildman–Crippen MR) is 155 cm³/mol. The lowest BCUT2D eigenvalue weighted by Gasteiger charge is -2.09. The number of hydrogen-bond donors (Lipinski definition) is 1. The number of nitrogens with one attached hydrogen (secondary N) is 1. The Morgan fingerprint density at radius 3 is 2.05 bits per heavy atom. The van der Waals surface area contributed by atoms with E-state index >= 15 is 0 Å². The highest BCUT2D eigenvalue weighted by atomic mass is 16.5. The lowest BCUT2D eigenvalue weighted by Crippen LogP contribution is -2.12. The van der Waals surface area contributed by atoms with Crippen molar-refractivity contribution in [3.05, 3.63) is 84.3 Å². The highest BCUT2D eigenvalue weighted by Gasteiger charge is 2.18. The normalized spacial score (nSPS) is 12.2. The van der Waals surface area contributed by atoms with Gasteiger partial charge in [-0.05, 0) is 60.2 Å². The highest BCUT2D eigenvalue weighted by Crippen LogP contribution is 2.31. The SMILES string of the molecule is COc1ccc2c(c1)CC(c1ccc(OCCOCCOc3ccc(-c4nc5ccc(OC)cc5[nH]4)nc3)cn1)=N2. The fourth-order valence-electron chi connectivity index (χ4n) is 4.47. The van der Waals surface area contributed by atoms with Crippen molar-refractivity contribution in [1.82, 2.24) is 19.9 Å². The number of aliphatic imine (C=N–C) groups is 1. The van der Waals surface area contributed by atoms with Crippen LogP contribution in [0.1, 0.15) is 11.3 Å². The minimum absolute atomic E-state index is 0.401. The van der Waals surface area contributed by atoms with E-state index in [-0.39, 0.29) is 0 Å². The van der Waals surface area contributed by atoms with Gasteiger partial charge in [0, 0.05) is 12.5 Å². The molecule has 0 unspecified atom stereocenters. The van der Waals surface area contributed by atoms with E-state index in [0.717, 1.165) is 57.3 Å². The summed E-state index contributed by atoms with van der Waals surface area (Å²) in [6, 6.07) is 19.2. The molecule has 1 aliphatic heterocycles. The fraction of sp³-hybridized carbons (Fsp3) is 0.226. The molecule has 6 rings (SSSR count). The van der Waals surface area contributed by atoms with Gasteiger partial charge in [0.2, 0.25) is 0 Å². The Bertz CT molecular complexity index is 1670. The molecular weight excluding hydrogens is 522 g/mol. The molecule has 41 heavy (non-hydrogen) atoms. The number of benzene rings is 2. The third-order valence-corrected chi connectivity index (χ3v) is 6.59. The maximum Gasteiger partial charge on any atom is 0.157 e. The molecule has 1 aliphatic rings. The number of rotatable bonds is 12. The summed E-state index contributed by atoms with van der Waals surface area (Å²) in [6.45, 7) is 1.67. The first-order valence-corrected chi connectivity index (χ1v) is 13.2. The molecule has 3 aromatic heterocycles. The average Bonchev–Trinajstić information content (AvgIpc) is 3.65. The molecule has 0 bridgehead atoms. The summed E-state index contributed by atoms with van der Waals surface area (Å²) < 4.78 is 27.7. The summed E-state index contributed by atoms with van der Waals surface area (Å²) in [7, 11) is 3.30. The Labute approximate surface area is 237 Å². The summed E-state index contributed by atoms with van der Waals surface area (Å²) in [5.74, 6) is 3.63. The van der Waals surface area contributed by atoms with E-state index in [1.807, 2.05) is 60.7 Å². The van der Waals surface area contributed by atoms with Crippen LogP contribution in [-0.2, 0) is 11.2 Å². The van der Waals surface area contributed by atoms with Crippen molar-refractivity contribution >= 4 is 22.4 Å². The molecule has 208 valence electrons. The standard InChI is InChI=1S/C31H29N5O5/c1-37-21-3-7-25-20(15-21)16-29(34-25)26-8-5-23(18-32-26)40-13-11-39-12-14-41-24-6-10-28(33-19-24)31-35-27-9-4-22(38-2)17-30(27)36-31/h3-10,15,17-19H,11-14,16H2,1-2H3,(H,35,36). The monoisotopic (exact) mass is 551 g/mol. The molecule has 0 saturated heterocycles. The number of fused-ring (bicyclic) bond motifs is 2. The maximum absolute atomic E-state index is 5.76. The van der Waals surface area contributed by atoms with E-state index in [9.17, 15) is 0 Å². The molecule has 0 radical (unpaired) electrons. The number of hydrogen-bond acceptors (Lipinski definition) is 9. The Hall–Kier alpha value is -4.96. The van der Waals surface area contributed by atoms with Crippen LogP contribution < -0.4 is 18.9 Å². The third kappa shape index (κ3) is 6.12. The van der Waals surface area contributed by atoms with Crippen LogP contribution in [0, 0.1) is 0 Å². The second-order valence-electron chi connectivity index (χ2n) is 9.27. The van der Waals surface area contributed by atoms with Crippen LogP contribution >= 0.6 is 0 Å². The Balaban J connectivity index is 0.898. The first-order chi connectivity index (χ1) is 20.2. The van der Waals surface area contributed by atoms with Gasteiger partial charge in [0.05, 0.1) is 68.0 Å². The number of pyridine rings is 2. The molecule has 0 atom stereocenters. The summed E-state index contributed by atoms with van der Waals surface area (Å²) in [5, 5.41) is 0. The van der Waals surface area contributed by atoms with E-state index in [0.29, 0.717) is 43.8 Å². The van der Waals surface area contributed by atoms with Crippen molar-refractivity contribution in [2.24, 2.45) is 4.99 Å². The summed E-state index contributed by atoms with van der Waals surface area (Å²) in [5.41, 5.74) is 6.34. The van der Waals surface area contributed by atoms with Crippen molar-refractivity contribution in [3.8, 4) is 34.5 Å². The van der Waals surface area contributed by atoms with Gasteiger partial charge in [-0.2, -0.15) is 0 Å². The zero-order valence-corrected chi connectivity index (χ0v) is 22.8.